The number of ether oxygens (including phenoxy) is 1. The average Bonchev–Trinajstić information content (AvgIpc) is 2.90. The van der Waals surface area contributed by atoms with Gasteiger partial charge in [0.1, 0.15) is 11.7 Å². The van der Waals surface area contributed by atoms with Crippen LogP contribution in [0.25, 0.3) is 0 Å². The largest absolute Gasteiger partial charge is 0.632 e. The van der Waals surface area contributed by atoms with Gasteiger partial charge in [-0.1, -0.05) is 0 Å². The normalized spacial score (nSPS) is 39.8. The molecule has 2 unspecified atom stereocenters. The van der Waals surface area contributed by atoms with E-state index in [1.54, 1.807) is 0 Å². The number of hydrogen-bond acceptors (Lipinski definition) is 7. The predicted molar refractivity (Wildman–Crippen MR) is 64.3 cm³/mol. The second-order valence-electron chi connectivity index (χ2n) is 5.16. The third-order valence-corrected chi connectivity index (χ3v) is 3.83. The Bertz CT molecular complexity index is 412. The third-order valence-electron chi connectivity index (χ3n) is 3.83. The highest BCUT2D eigenvalue weighted by molar-refractivity contribution is 6.51. The van der Waals surface area contributed by atoms with Crippen LogP contribution in [0.5, 0.6) is 0 Å². The van der Waals surface area contributed by atoms with Crippen LogP contribution in [0.3, 0.4) is 0 Å². The Labute approximate surface area is 111 Å². The number of nitrogens with zero attached hydrogens (tertiary/aromatic N) is 1. The maximum atomic E-state index is 12.3. The number of nitrogens with one attached hydrogen (secondary N) is 1. The topological polar surface area (TPSA) is 80.4 Å². The summed E-state index contributed by atoms with van der Waals surface area (Å²) in [7, 11) is 2.82. The van der Waals surface area contributed by atoms with Crippen LogP contribution in [-0.4, -0.2) is 54.8 Å². The fourth-order valence-corrected chi connectivity index (χ4v) is 2.61. The molecule has 3 rings (SSSR count). The van der Waals surface area contributed by atoms with E-state index in [-0.39, 0.29) is 18.7 Å². The second-order valence-corrected chi connectivity index (χ2v) is 5.16. The Morgan fingerprint density at radius 1 is 1.47 bits per heavy atom. The van der Waals surface area contributed by atoms with Crippen molar-refractivity contribution >= 4 is 19.1 Å². The van der Waals surface area contributed by atoms with Crippen molar-refractivity contribution in [2.45, 2.75) is 37.5 Å². The van der Waals surface area contributed by atoms with E-state index in [1.807, 2.05) is 6.92 Å². The molecule has 3 atom stereocenters. The van der Waals surface area contributed by atoms with Gasteiger partial charge < -0.3 is 18.9 Å². The minimum Gasteiger partial charge on any atom is -0.497 e. The summed E-state index contributed by atoms with van der Waals surface area (Å²) in [6, 6.07) is -0.359. The van der Waals surface area contributed by atoms with Gasteiger partial charge in [0, 0.05) is 0 Å². The Morgan fingerprint density at radius 2 is 2.21 bits per heavy atom. The van der Waals surface area contributed by atoms with Crippen LogP contribution in [0.4, 0.5) is 0 Å². The van der Waals surface area contributed by atoms with Crippen molar-refractivity contribution in [2.75, 3.05) is 13.1 Å². The molecule has 3 heterocycles. The van der Waals surface area contributed by atoms with Crippen LogP contribution in [0.15, 0.2) is 0 Å². The molecule has 1 spiro atoms. The summed E-state index contributed by atoms with van der Waals surface area (Å²) in [5, 5.41) is 3.09. The van der Waals surface area contributed by atoms with Gasteiger partial charge in [0.25, 0.3) is 0 Å². The van der Waals surface area contributed by atoms with E-state index in [1.165, 1.54) is 4.90 Å². The van der Waals surface area contributed by atoms with Gasteiger partial charge in [-0.3, -0.25) is 22.0 Å². The molecule has 19 heavy (non-hydrogen) atoms. The van der Waals surface area contributed by atoms with Crippen LogP contribution in [0.2, 0.25) is 0 Å². The van der Waals surface area contributed by atoms with E-state index in [0.717, 1.165) is 6.42 Å². The van der Waals surface area contributed by atoms with Crippen molar-refractivity contribution in [2.24, 2.45) is 0 Å². The van der Waals surface area contributed by atoms with Crippen LogP contribution in [0.1, 0.15) is 19.8 Å². The second kappa shape index (κ2) is 4.47. The molecule has 3 aliphatic rings. The molecule has 0 amide bonds. The van der Waals surface area contributed by atoms with Gasteiger partial charge in [0.2, 0.25) is 0 Å². The Balaban J connectivity index is 1.82. The minimum absolute atomic E-state index is 0.0559. The van der Waals surface area contributed by atoms with Gasteiger partial charge in [-0.05, 0) is 26.3 Å². The number of rotatable bonds is 1. The summed E-state index contributed by atoms with van der Waals surface area (Å²) in [5.41, 5.74) is -1.02. The fraction of sp³-hybridized carbons (Fsp3) is 0.727. The number of epoxide rings is 1. The van der Waals surface area contributed by atoms with Gasteiger partial charge in [0.05, 0.1) is 12.6 Å². The molecule has 0 aromatic heterocycles. The smallest absolute Gasteiger partial charge is 0.497 e. The Morgan fingerprint density at radius 3 is 2.79 bits per heavy atom. The first-order valence-electron chi connectivity index (χ1n) is 6.42. The van der Waals surface area contributed by atoms with Crippen LogP contribution < -0.4 is 5.32 Å². The molecule has 0 radical (unpaired) electrons. The van der Waals surface area contributed by atoms with E-state index in [4.69, 9.17) is 14.0 Å². The summed E-state index contributed by atoms with van der Waals surface area (Å²) in [6.07, 6.45) is 1.33. The monoisotopic (exact) mass is 267 g/mol. The molecule has 7 nitrogen and oxygen atoms in total. The molecule has 104 valence electrons. The van der Waals surface area contributed by atoms with Crippen LogP contribution in [0, 0.1) is 7.05 Å². The number of carbonyl (C=O) groups excluding carboxylic acids is 2. The highest BCUT2D eigenvalue weighted by Crippen LogP contribution is 2.30. The Kier molecular flexibility index (Phi) is 3.03. The van der Waals surface area contributed by atoms with E-state index in [0.29, 0.717) is 13.0 Å². The zero-order valence-corrected chi connectivity index (χ0v) is 10.8. The first-order valence-corrected chi connectivity index (χ1v) is 6.42. The van der Waals surface area contributed by atoms with Crippen molar-refractivity contribution in [3.05, 3.63) is 7.05 Å². The molecule has 3 fully saturated rings. The van der Waals surface area contributed by atoms with Crippen molar-refractivity contribution in [1.29, 1.82) is 0 Å². The SMILES string of the molecule is [CH2-]N1CC(=O)OB(C2OC2C)OC(=O)[C@]12CCCN2. The number of hydrogen-bond donors (Lipinski definition) is 1. The highest BCUT2D eigenvalue weighted by atomic mass is 16.7. The lowest BCUT2D eigenvalue weighted by Gasteiger charge is -2.43. The third kappa shape index (κ3) is 2.13. The highest BCUT2D eigenvalue weighted by Gasteiger charge is 2.56. The van der Waals surface area contributed by atoms with Crippen molar-refractivity contribution in [3.63, 3.8) is 0 Å². The maximum Gasteiger partial charge on any atom is 0.632 e. The molecule has 1 N–H and O–H groups in total. The van der Waals surface area contributed by atoms with Gasteiger partial charge in [-0.25, -0.2) is 0 Å². The van der Waals surface area contributed by atoms with Gasteiger partial charge >= 0.3 is 19.1 Å². The van der Waals surface area contributed by atoms with E-state index < -0.39 is 24.7 Å². The summed E-state index contributed by atoms with van der Waals surface area (Å²) in [5.74, 6) is -0.927. The zero-order chi connectivity index (χ0) is 13.6. The lowest BCUT2D eigenvalue weighted by Crippen LogP contribution is -2.63. The van der Waals surface area contributed by atoms with Crippen molar-refractivity contribution < 1.29 is 23.6 Å². The molecule has 0 bridgehead atoms. The predicted octanol–water partition coefficient (Wildman–Crippen LogP) is -0.926. The lowest BCUT2D eigenvalue weighted by molar-refractivity contribution is -0.157. The summed E-state index contributed by atoms with van der Waals surface area (Å²) >= 11 is 0. The van der Waals surface area contributed by atoms with E-state index >= 15 is 0 Å². The quantitative estimate of drug-likeness (QED) is 0.373. The first kappa shape index (κ1) is 12.9. The van der Waals surface area contributed by atoms with Crippen molar-refractivity contribution in [1.82, 2.24) is 10.2 Å². The standard InChI is InChI=1S/C11H16BN2O5/c1-7-9(17-7)12-18-8(15)6-14(2)11(10(16)19-12)4-3-5-13-11/h7,9,13H,2-6H2,1H3/q-1/t7?,9?,11-/m0/s1. The molecule has 0 saturated carbocycles. The summed E-state index contributed by atoms with van der Waals surface area (Å²) in [4.78, 5) is 25.5. The minimum atomic E-state index is -1.02. The van der Waals surface area contributed by atoms with Crippen LogP contribution >= 0.6 is 0 Å². The molecule has 8 heteroatoms. The van der Waals surface area contributed by atoms with Gasteiger partial charge in [-0.2, -0.15) is 0 Å². The lowest BCUT2D eigenvalue weighted by atomic mass is 9.81. The maximum absolute atomic E-state index is 12.3. The zero-order valence-electron chi connectivity index (χ0n) is 10.8. The average molecular weight is 267 g/mol. The van der Waals surface area contributed by atoms with Gasteiger partial charge in [-0.15, -0.1) is 0 Å². The molecule has 0 aromatic carbocycles. The molecule has 0 aromatic rings. The summed E-state index contributed by atoms with van der Waals surface area (Å²) in [6.45, 7) is 2.47. The fourth-order valence-electron chi connectivity index (χ4n) is 2.61. The molecule has 3 aliphatic heterocycles. The molecular weight excluding hydrogens is 251 g/mol. The van der Waals surface area contributed by atoms with Crippen molar-refractivity contribution in [3.8, 4) is 0 Å². The van der Waals surface area contributed by atoms with E-state index in [9.17, 15) is 9.59 Å². The first-order chi connectivity index (χ1) is 9.03. The Hall–Kier alpha value is -1.12. The summed E-state index contributed by atoms with van der Waals surface area (Å²) < 4.78 is 15.6. The molecule has 3 saturated heterocycles. The van der Waals surface area contributed by atoms with Gasteiger partial charge in [0.15, 0.2) is 0 Å². The van der Waals surface area contributed by atoms with E-state index in [2.05, 4.69) is 12.4 Å². The molecular formula is C11H16BN2O5-. The van der Waals surface area contributed by atoms with Crippen LogP contribution in [-0.2, 0) is 23.6 Å². The number of carbonyl (C=O) groups is 2. The molecule has 0 aliphatic carbocycles.